The maximum atomic E-state index is 6.90. The van der Waals surface area contributed by atoms with Gasteiger partial charge in [-0.15, -0.1) is 0 Å². The number of hydrogen-bond donors (Lipinski definition) is 0. The molecule has 0 fully saturated rings. The molecule has 0 amide bonds. The zero-order valence-electron chi connectivity index (χ0n) is 33.0. The number of hydrogen-bond acceptors (Lipinski definition) is 3. The quantitative estimate of drug-likeness (QED) is 0.182. The Balaban J connectivity index is 0.00000392. The van der Waals surface area contributed by atoms with Crippen molar-refractivity contribution in [2.45, 2.75) is 157 Å². The summed E-state index contributed by atoms with van der Waals surface area (Å²) in [4.78, 5) is 0. The zero-order valence-corrected chi connectivity index (χ0v) is 36.9. The van der Waals surface area contributed by atoms with Gasteiger partial charge in [0.1, 0.15) is 17.2 Å². The molecule has 0 radical (unpaired) electrons. The van der Waals surface area contributed by atoms with Gasteiger partial charge in [-0.25, -0.2) is 0 Å². The van der Waals surface area contributed by atoms with E-state index in [0.29, 0.717) is 0 Å². The summed E-state index contributed by atoms with van der Waals surface area (Å²) in [6, 6.07) is 19.7. The molecule has 3 aromatic carbocycles. The second-order valence-electron chi connectivity index (χ2n) is 19.1. The summed E-state index contributed by atoms with van der Waals surface area (Å²) < 4.78 is 20.7. The first-order chi connectivity index (χ1) is 21.6. The van der Waals surface area contributed by atoms with Crippen molar-refractivity contribution in [3.63, 3.8) is 0 Å². The van der Waals surface area contributed by atoms with Crippen LogP contribution in [-0.4, -0.2) is 0 Å². The first kappa shape index (κ1) is 42.7. The van der Waals surface area contributed by atoms with Gasteiger partial charge in [0.25, 0.3) is 0 Å². The first-order valence-electron chi connectivity index (χ1n) is 17.0. The van der Waals surface area contributed by atoms with Gasteiger partial charge in [0.2, 0.25) is 0 Å². The average molecular weight is 879 g/mol. The second kappa shape index (κ2) is 15.4. The minimum atomic E-state index is -1.89. The summed E-state index contributed by atoms with van der Waals surface area (Å²) in [6.07, 6.45) is 0. The number of halogens is 1. The van der Waals surface area contributed by atoms with Crippen LogP contribution in [0.3, 0.4) is 0 Å². The van der Waals surface area contributed by atoms with E-state index in [-0.39, 0.29) is 32.5 Å². The van der Waals surface area contributed by atoms with Crippen molar-refractivity contribution in [3.8, 4) is 17.2 Å². The fraction of sp³-hybridized carbons (Fsp3) is 0.571. The molecule has 0 saturated carbocycles. The summed E-state index contributed by atoms with van der Waals surface area (Å²) in [5.74, 6) is 2.37. The third-order valence-electron chi connectivity index (χ3n) is 8.48. The van der Waals surface area contributed by atoms with Crippen molar-refractivity contribution < 1.29 is 33.6 Å². The van der Waals surface area contributed by atoms with Crippen molar-refractivity contribution in [1.82, 2.24) is 0 Å². The van der Waals surface area contributed by atoms with Crippen LogP contribution in [0.5, 0.6) is 17.2 Å². The Kier molecular flexibility index (Phi) is 13.7. The molecule has 48 heavy (non-hydrogen) atoms. The molecule has 3 nitrogen and oxygen atoms in total. The Morgan fingerprint density at radius 3 is 0.750 bits per heavy atom. The Bertz CT molecular complexity index is 1340. The molecule has 0 aliphatic rings. The molecular weight excluding hydrogens is 816 g/mol. The van der Waals surface area contributed by atoms with Crippen molar-refractivity contribution >= 4 is 17.8 Å². The molecule has 0 heterocycles. The maximum absolute atomic E-state index is 6.90. The molecule has 0 spiro atoms. The van der Waals surface area contributed by atoms with Gasteiger partial charge in [-0.1, -0.05) is 161 Å². The van der Waals surface area contributed by atoms with Crippen LogP contribution in [0.2, 0.25) is 0 Å². The fourth-order valence-corrected chi connectivity index (χ4v) is 6.35. The summed E-state index contributed by atoms with van der Waals surface area (Å²) >= 11 is 1.75. The molecule has 272 valence electrons. The number of rotatable bonds is 6. The molecule has 3 aromatic rings. The van der Waals surface area contributed by atoms with E-state index in [9.17, 15) is 0 Å². The van der Waals surface area contributed by atoms with Crippen molar-refractivity contribution in [3.05, 3.63) is 88.0 Å². The van der Waals surface area contributed by atoms with Crippen LogP contribution in [0, 0.1) is 0 Å². The summed E-state index contributed by atoms with van der Waals surface area (Å²) in [5.41, 5.74) is 6.85. The van der Waals surface area contributed by atoms with E-state index < -0.39 is 8.60 Å². The minimum absolute atomic E-state index is 0.0170. The third-order valence-corrected chi connectivity index (χ3v) is 9.52. The fourth-order valence-electron chi connectivity index (χ4n) is 5.28. The molecule has 0 aromatic heterocycles. The molecule has 0 unspecified atom stereocenters. The zero-order chi connectivity index (χ0) is 37.3. The molecule has 0 saturated heterocycles. The Hall–Kier alpha value is -1.48. The molecule has 0 aliphatic carbocycles. The SMILES string of the molecule is CC(C)(C)c1ccc(OP(Oc2ccc(C(C)(C)C)cc2C(C)(C)C)Oc2ccc(C(C)(C)C)cc2C(C)(C)C)c(C(C)(C)C)c1.[Cl][Au]. The van der Waals surface area contributed by atoms with Gasteiger partial charge in [0.05, 0.1) is 0 Å². The van der Waals surface area contributed by atoms with E-state index in [2.05, 4.69) is 188 Å². The Morgan fingerprint density at radius 2 is 0.583 bits per heavy atom. The van der Waals surface area contributed by atoms with Gasteiger partial charge in [0, 0.05) is 16.7 Å². The van der Waals surface area contributed by atoms with Crippen LogP contribution in [0.1, 0.15) is 158 Å². The van der Waals surface area contributed by atoms with Crippen molar-refractivity contribution in [1.29, 1.82) is 0 Å². The molecule has 0 bridgehead atoms. The topological polar surface area (TPSA) is 27.7 Å². The van der Waals surface area contributed by atoms with Gasteiger partial charge >= 0.3 is 37.8 Å². The monoisotopic (exact) mass is 878 g/mol. The van der Waals surface area contributed by atoms with Crippen LogP contribution >= 0.6 is 17.8 Å². The standard InChI is InChI=1S/C42H63O3P.Au.ClH/c1-37(2,3)28-19-22-34(31(25-28)40(10,11)12)43-46(44-35-23-20-29(38(4,5)6)26-32(35)41(13,14)15)45-36-24-21-30(39(7,8)9)27-33(36)42(16,17)18;;/h19-27H,1-18H3;;1H/q;+1;/p-1. The number of benzene rings is 3. The van der Waals surface area contributed by atoms with E-state index in [1.165, 1.54) is 16.7 Å². The van der Waals surface area contributed by atoms with Gasteiger partial charge in [-0.3, -0.25) is 0 Å². The Labute approximate surface area is 312 Å². The first-order valence-corrected chi connectivity index (χ1v) is 20.8. The summed E-state index contributed by atoms with van der Waals surface area (Å²) in [5, 5.41) is 0. The van der Waals surface area contributed by atoms with E-state index >= 15 is 0 Å². The molecule has 0 atom stereocenters. The van der Waals surface area contributed by atoms with E-state index in [1.807, 2.05) is 0 Å². The average Bonchev–Trinajstić information content (AvgIpc) is 2.91. The van der Waals surface area contributed by atoms with Gasteiger partial charge in [0.15, 0.2) is 0 Å². The van der Waals surface area contributed by atoms with E-state index in [1.54, 1.807) is 20.0 Å². The van der Waals surface area contributed by atoms with Gasteiger partial charge in [-0.2, -0.15) is 0 Å². The molecule has 3 rings (SSSR count). The van der Waals surface area contributed by atoms with E-state index in [0.717, 1.165) is 33.9 Å². The van der Waals surface area contributed by atoms with Crippen molar-refractivity contribution in [2.24, 2.45) is 0 Å². The summed E-state index contributed by atoms with van der Waals surface area (Å²) in [6.45, 7) is 40.3. The van der Waals surface area contributed by atoms with Gasteiger partial charge < -0.3 is 13.6 Å². The normalized spacial score (nSPS) is 13.2. The molecule has 0 aliphatic heterocycles. The van der Waals surface area contributed by atoms with Crippen LogP contribution < -0.4 is 13.6 Å². The molecule has 6 heteroatoms. The van der Waals surface area contributed by atoms with Crippen LogP contribution in [0.25, 0.3) is 0 Å². The van der Waals surface area contributed by atoms with Crippen LogP contribution in [0.15, 0.2) is 54.6 Å². The van der Waals surface area contributed by atoms with Crippen LogP contribution in [-0.2, 0) is 52.5 Å². The van der Waals surface area contributed by atoms with E-state index in [4.69, 9.17) is 13.6 Å². The van der Waals surface area contributed by atoms with Gasteiger partial charge in [-0.05, 0) is 67.4 Å². The predicted octanol–water partition coefficient (Wildman–Crippen LogP) is 13.9. The third kappa shape index (κ3) is 11.5. The molecular formula is C42H63AuClO3P. The van der Waals surface area contributed by atoms with Crippen molar-refractivity contribution in [2.75, 3.05) is 0 Å². The molecule has 0 N–H and O–H groups in total. The summed E-state index contributed by atoms with van der Waals surface area (Å²) in [7, 11) is 2.69. The second-order valence-corrected chi connectivity index (χ2v) is 20.1. The van der Waals surface area contributed by atoms with Crippen LogP contribution in [0.4, 0.5) is 0 Å². The Morgan fingerprint density at radius 1 is 0.375 bits per heavy atom. The predicted molar refractivity (Wildman–Crippen MR) is 206 cm³/mol.